The zero-order valence-electron chi connectivity index (χ0n) is 13.1. The van der Waals surface area contributed by atoms with Gasteiger partial charge >= 0.3 is 0 Å². The van der Waals surface area contributed by atoms with Gasteiger partial charge in [-0.05, 0) is 50.1 Å². The topological polar surface area (TPSA) is 94.0 Å². The molecule has 6 nitrogen and oxygen atoms in total. The monoisotopic (exact) mass is 320 g/mol. The lowest BCUT2D eigenvalue weighted by Gasteiger charge is -2.02. The van der Waals surface area contributed by atoms with E-state index in [1.54, 1.807) is 19.1 Å². The Labute approximate surface area is 134 Å². The summed E-state index contributed by atoms with van der Waals surface area (Å²) in [6.07, 6.45) is 2.42. The van der Waals surface area contributed by atoms with Crippen LogP contribution in [0.2, 0.25) is 0 Å². The van der Waals surface area contributed by atoms with E-state index in [4.69, 9.17) is 10.3 Å². The molecular formula is C16H21FN4O2. The molecule has 0 saturated heterocycles. The standard InChI is InChI=1S/C16H21FN4O2/c1-11-10-12(4-5-13(11)17)16-20-15(23-21-16)7-6-14(22)19-9-3-2-8-18/h4-5,10H,2-3,6-9,18H2,1H3,(H,19,22). The maximum absolute atomic E-state index is 13.3. The van der Waals surface area contributed by atoms with Crippen LogP contribution in [0.5, 0.6) is 0 Å². The Kier molecular flexibility index (Phi) is 6.22. The highest BCUT2D eigenvalue weighted by Gasteiger charge is 2.11. The lowest BCUT2D eigenvalue weighted by Crippen LogP contribution is -2.25. The van der Waals surface area contributed by atoms with Crippen molar-refractivity contribution in [3.63, 3.8) is 0 Å². The van der Waals surface area contributed by atoms with Crippen LogP contribution < -0.4 is 11.1 Å². The number of nitrogens with zero attached hydrogens (tertiary/aromatic N) is 2. The molecule has 0 atom stereocenters. The molecule has 0 spiro atoms. The maximum atomic E-state index is 13.3. The van der Waals surface area contributed by atoms with Crippen molar-refractivity contribution in [1.29, 1.82) is 0 Å². The molecule has 2 rings (SSSR count). The van der Waals surface area contributed by atoms with Crippen molar-refractivity contribution in [3.8, 4) is 11.4 Å². The van der Waals surface area contributed by atoms with E-state index in [0.717, 1.165) is 12.8 Å². The smallest absolute Gasteiger partial charge is 0.227 e. The number of unbranched alkanes of at least 4 members (excludes halogenated alkanes) is 1. The highest BCUT2D eigenvalue weighted by atomic mass is 19.1. The van der Waals surface area contributed by atoms with Crippen LogP contribution in [0, 0.1) is 12.7 Å². The number of aryl methyl sites for hydroxylation is 2. The van der Waals surface area contributed by atoms with Gasteiger partial charge in [-0.25, -0.2) is 4.39 Å². The first kappa shape index (κ1) is 17.1. The first-order valence-corrected chi connectivity index (χ1v) is 7.66. The Morgan fingerprint density at radius 3 is 2.96 bits per heavy atom. The van der Waals surface area contributed by atoms with E-state index in [2.05, 4.69) is 15.5 Å². The summed E-state index contributed by atoms with van der Waals surface area (Å²) in [6, 6.07) is 4.63. The number of hydrogen-bond acceptors (Lipinski definition) is 5. The van der Waals surface area contributed by atoms with E-state index in [-0.39, 0.29) is 18.1 Å². The molecule has 0 bridgehead atoms. The zero-order chi connectivity index (χ0) is 16.7. The number of nitrogens with two attached hydrogens (primary N) is 1. The van der Waals surface area contributed by atoms with Crippen LogP contribution >= 0.6 is 0 Å². The second kappa shape index (κ2) is 8.38. The lowest BCUT2D eigenvalue weighted by atomic mass is 10.1. The largest absolute Gasteiger partial charge is 0.356 e. The van der Waals surface area contributed by atoms with Crippen LogP contribution in [0.15, 0.2) is 22.7 Å². The molecule has 0 saturated carbocycles. The molecule has 1 amide bonds. The Hall–Kier alpha value is -2.28. The van der Waals surface area contributed by atoms with E-state index in [0.29, 0.717) is 42.4 Å². The SMILES string of the molecule is Cc1cc(-c2noc(CCC(=O)NCCCCN)n2)ccc1F. The molecule has 0 unspecified atom stereocenters. The van der Waals surface area contributed by atoms with Crippen molar-refractivity contribution in [2.24, 2.45) is 5.73 Å². The van der Waals surface area contributed by atoms with Crippen molar-refractivity contribution >= 4 is 5.91 Å². The molecule has 0 fully saturated rings. The number of amides is 1. The van der Waals surface area contributed by atoms with Gasteiger partial charge in [-0.3, -0.25) is 4.79 Å². The number of halogens is 1. The van der Waals surface area contributed by atoms with E-state index < -0.39 is 0 Å². The predicted octanol–water partition coefficient (Wildman–Crippen LogP) is 1.97. The molecule has 0 aliphatic heterocycles. The first-order chi connectivity index (χ1) is 11.1. The Morgan fingerprint density at radius 2 is 2.22 bits per heavy atom. The van der Waals surface area contributed by atoms with Gasteiger partial charge in [0.05, 0.1) is 0 Å². The van der Waals surface area contributed by atoms with Gasteiger partial charge in [-0.15, -0.1) is 0 Å². The summed E-state index contributed by atoms with van der Waals surface area (Å²) in [5.74, 6) is 0.453. The quantitative estimate of drug-likeness (QED) is 0.725. The summed E-state index contributed by atoms with van der Waals surface area (Å²) in [5, 5.41) is 6.68. The molecule has 1 heterocycles. The van der Waals surface area contributed by atoms with Crippen LogP contribution in [0.4, 0.5) is 4.39 Å². The third-order valence-electron chi connectivity index (χ3n) is 3.40. The minimum absolute atomic E-state index is 0.0561. The fraction of sp³-hybridized carbons (Fsp3) is 0.438. The molecular weight excluding hydrogens is 299 g/mol. The van der Waals surface area contributed by atoms with Gasteiger partial charge < -0.3 is 15.6 Å². The number of hydrogen-bond donors (Lipinski definition) is 2. The highest BCUT2D eigenvalue weighted by molar-refractivity contribution is 5.75. The number of carbonyl (C=O) groups excluding carboxylic acids is 1. The van der Waals surface area contributed by atoms with Crippen LogP contribution in [-0.4, -0.2) is 29.1 Å². The van der Waals surface area contributed by atoms with Gasteiger partial charge in [-0.2, -0.15) is 4.98 Å². The third kappa shape index (κ3) is 5.14. The van der Waals surface area contributed by atoms with Crippen LogP contribution in [0.25, 0.3) is 11.4 Å². The maximum Gasteiger partial charge on any atom is 0.227 e. The second-order valence-corrected chi connectivity index (χ2v) is 5.32. The summed E-state index contributed by atoms with van der Waals surface area (Å²) in [4.78, 5) is 15.9. The molecule has 3 N–H and O–H groups in total. The minimum Gasteiger partial charge on any atom is -0.356 e. The fourth-order valence-electron chi connectivity index (χ4n) is 2.06. The molecule has 1 aromatic heterocycles. The van der Waals surface area contributed by atoms with E-state index in [1.807, 2.05) is 0 Å². The zero-order valence-corrected chi connectivity index (χ0v) is 13.1. The van der Waals surface area contributed by atoms with Crippen LogP contribution in [-0.2, 0) is 11.2 Å². The van der Waals surface area contributed by atoms with E-state index in [9.17, 15) is 9.18 Å². The summed E-state index contributed by atoms with van der Waals surface area (Å²) in [6.45, 7) is 2.93. The molecule has 124 valence electrons. The summed E-state index contributed by atoms with van der Waals surface area (Å²) in [5.41, 5.74) is 6.59. The van der Waals surface area contributed by atoms with Crippen molar-refractivity contribution in [3.05, 3.63) is 35.5 Å². The highest BCUT2D eigenvalue weighted by Crippen LogP contribution is 2.19. The first-order valence-electron chi connectivity index (χ1n) is 7.66. The third-order valence-corrected chi connectivity index (χ3v) is 3.40. The van der Waals surface area contributed by atoms with Gasteiger partial charge in [0.15, 0.2) is 0 Å². The minimum atomic E-state index is -0.274. The molecule has 0 radical (unpaired) electrons. The second-order valence-electron chi connectivity index (χ2n) is 5.32. The van der Waals surface area contributed by atoms with Crippen molar-refractivity contribution in [2.75, 3.05) is 13.1 Å². The average molecular weight is 320 g/mol. The molecule has 1 aromatic carbocycles. The number of nitrogens with one attached hydrogen (secondary N) is 1. The molecule has 23 heavy (non-hydrogen) atoms. The van der Waals surface area contributed by atoms with Crippen LogP contribution in [0.3, 0.4) is 0 Å². The number of benzene rings is 1. The fourth-order valence-corrected chi connectivity index (χ4v) is 2.06. The Morgan fingerprint density at radius 1 is 1.39 bits per heavy atom. The molecule has 7 heteroatoms. The van der Waals surface area contributed by atoms with E-state index in [1.165, 1.54) is 6.07 Å². The number of aromatic nitrogens is 2. The summed E-state index contributed by atoms with van der Waals surface area (Å²) >= 11 is 0. The van der Waals surface area contributed by atoms with E-state index >= 15 is 0 Å². The molecule has 0 aliphatic carbocycles. The van der Waals surface area contributed by atoms with Crippen LogP contribution in [0.1, 0.15) is 30.7 Å². The number of rotatable bonds is 8. The van der Waals surface area contributed by atoms with Gasteiger partial charge in [0.25, 0.3) is 0 Å². The number of carbonyl (C=O) groups is 1. The normalized spacial score (nSPS) is 10.7. The van der Waals surface area contributed by atoms with Gasteiger partial charge in [0.1, 0.15) is 5.82 Å². The van der Waals surface area contributed by atoms with Gasteiger partial charge in [0, 0.05) is 24.9 Å². The lowest BCUT2D eigenvalue weighted by molar-refractivity contribution is -0.121. The van der Waals surface area contributed by atoms with Crippen molar-refractivity contribution < 1.29 is 13.7 Å². The summed E-state index contributed by atoms with van der Waals surface area (Å²) < 4.78 is 18.4. The van der Waals surface area contributed by atoms with Gasteiger partial charge in [-0.1, -0.05) is 5.16 Å². The Balaban J connectivity index is 1.85. The molecule has 2 aromatic rings. The average Bonchev–Trinajstić information content (AvgIpc) is 3.01. The predicted molar refractivity (Wildman–Crippen MR) is 84.0 cm³/mol. The molecule has 0 aliphatic rings. The van der Waals surface area contributed by atoms with Gasteiger partial charge in [0.2, 0.25) is 17.6 Å². The van der Waals surface area contributed by atoms with Crippen molar-refractivity contribution in [2.45, 2.75) is 32.6 Å². The van der Waals surface area contributed by atoms with Crippen molar-refractivity contribution in [1.82, 2.24) is 15.5 Å². The Bertz CT molecular complexity index is 657. The summed E-state index contributed by atoms with van der Waals surface area (Å²) in [7, 11) is 0.